The number of ether oxygens (including phenoxy) is 2. The lowest BCUT2D eigenvalue weighted by Gasteiger charge is -2.38. The maximum absolute atomic E-state index is 12.7. The SMILES string of the molecule is CCCCCCCCN(CCCCCCCC)C[C@@H]1C[C@H](c2ccc(CO)cc2)O[C@H](c2ccc(-c3ccccc3CNC(=O)c3cccnc3)cc2)O1. The molecule has 2 heterocycles. The van der Waals surface area contributed by atoms with Gasteiger partial charge in [-0.3, -0.25) is 9.78 Å². The molecule has 2 N–H and O–H groups in total. The minimum absolute atomic E-state index is 0.0234. The van der Waals surface area contributed by atoms with Gasteiger partial charge in [0.1, 0.15) is 0 Å². The molecular weight excluding hydrogens is 671 g/mol. The van der Waals surface area contributed by atoms with Crippen molar-refractivity contribution in [2.45, 2.75) is 129 Å². The molecule has 5 rings (SSSR count). The molecule has 0 radical (unpaired) electrons. The molecule has 3 atom stereocenters. The summed E-state index contributed by atoms with van der Waals surface area (Å²) in [4.78, 5) is 19.5. The summed E-state index contributed by atoms with van der Waals surface area (Å²) in [5.74, 6) is -0.146. The van der Waals surface area contributed by atoms with Crippen LogP contribution in [0.25, 0.3) is 11.1 Å². The highest BCUT2D eigenvalue weighted by molar-refractivity contribution is 5.93. The van der Waals surface area contributed by atoms with Crippen molar-refractivity contribution in [2.75, 3.05) is 19.6 Å². The molecule has 1 fully saturated rings. The Morgan fingerprint density at radius 1 is 0.759 bits per heavy atom. The average Bonchev–Trinajstić information content (AvgIpc) is 3.22. The first kappa shape index (κ1) is 41.3. The second-order valence-corrected chi connectivity index (χ2v) is 14.9. The minimum Gasteiger partial charge on any atom is -0.392 e. The van der Waals surface area contributed by atoms with Crippen LogP contribution in [0.2, 0.25) is 0 Å². The molecule has 0 unspecified atom stereocenters. The number of nitrogens with one attached hydrogen (secondary N) is 1. The normalized spacial score (nSPS) is 17.1. The summed E-state index contributed by atoms with van der Waals surface area (Å²) in [7, 11) is 0. The number of nitrogens with zero attached hydrogens (tertiary/aromatic N) is 2. The third kappa shape index (κ3) is 13.2. The molecule has 0 saturated carbocycles. The molecule has 7 heteroatoms. The van der Waals surface area contributed by atoms with Gasteiger partial charge in [-0.15, -0.1) is 0 Å². The average molecular weight is 734 g/mol. The number of aromatic nitrogens is 1. The number of benzene rings is 3. The number of rotatable bonds is 23. The lowest BCUT2D eigenvalue weighted by Crippen LogP contribution is -2.40. The summed E-state index contributed by atoms with van der Waals surface area (Å²) in [5.41, 5.74) is 6.72. The second-order valence-electron chi connectivity index (χ2n) is 14.9. The van der Waals surface area contributed by atoms with Crippen LogP contribution in [0.15, 0.2) is 97.3 Å². The van der Waals surface area contributed by atoms with E-state index in [4.69, 9.17) is 9.47 Å². The molecule has 1 aromatic heterocycles. The highest BCUT2D eigenvalue weighted by Crippen LogP contribution is 2.39. The molecule has 0 spiro atoms. The van der Waals surface area contributed by atoms with E-state index in [1.807, 2.05) is 24.3 Å². The van der Waals surface area contributed by atoms with Crippen molar-refractivity contribution in [3.63, 3.8) is 0 Å². The zero-order valence-electron chi connectivity index (χ0n) is 32.8. The third-order valence-corrected chi connectivity index (χ3v) is 10.6. The number of hydrogen-bond donors (Lipinski definition) is 2. The fourth-order valence-corrected chi connectivity index (χ4v) is 7.40. The van der Waals surface area contributed by atoms with Gasteiger partial charge in [-0.25, -0.2) is 0 Å². The van der Waals surface area contributed by atoms with Crippen LogP contribution in [0.5, 0.6) is 0 Å². The summed E-state index contributed by atoms with van der Waals surface area (Å²) >= 11 is 0. The first-order valence-corrected chi connectivity index (χ1v) is 20.7. The first-order chi connectivity index (χ1) is 26.6. The van der Waals surface area contributed by atoms with Crippen LogP contribution in [0.1, 0.15) is 142 Å². The van der Waals surface area contributed by atoms with Crippen LogP contribution in [0.3, 0.4) is 0 Å². The maximum atomic E-state index is 12.7. The van der Waals surface area contributed by atoms with E-state index >= 15 is 0 Å². The predicted molar refractivity (Wildman–Crippen MR) is 219 cm³/mol. The Morgan fingerprint density at radius 3 is 2.06 bits per heavy atom. The van der Waals surface area contributed by atoms with Gasteiger partial charge in [0.2, 0.25) is 0 Å². The summed E-state index contributed by atoms with van der Waals surface area (Å²) in [6, 6.07) is 28.4. The lowest BCUT2D eigenvalue weighted by molar-refractivity contribution is -0.253. The molecule has 0 aliphatic carbocycles. The monoisotopic (exact) mass is 733 g/mol. The quantitative estimate of drug-likeness (QED) is 0.0739. The number of aliphatic hydroxyl groups is 1. The Labute approximate surface area is 324 Å². The molecule has 1 aliphatic heterocycles. The van der Waals surface area contributed by atoms with Gasteiger partial charge >= 0.3 is 0 Å². The Kier molecular flexibility index (Phi) is 17.7. The minimum atomic E-state index is -0.501. The zero-order valence-corrected chi connectivity index (χ0v) is 32.8. The van der Waals surface area contributed by atoms with E-state index in [1.165, 1.54) is 77.0 Å². The van der Waals surface area contributed by atoms with E-state index in [2.05, 4.69) is 77.6 Å². The van der Waals surface area contributed by atoms with Gasteiger partial charge in [0.05, 0.1) is 24.4 Å². The van der Waals surface area contributed by atoms with Crippen molar-refractivity contribution < 1.29 is 19.4 Å². The van der Waals surface area contributed by atoms with Crippen LogP contribution in [0, 0.1) is 0 Å². The van der Waals surface area contributed by atoms with Gasteiger partial charge in [-0.1, -0.05) is 151 Å². The fraction of sp³-hybridized carbons (Fsp3) is 0.489. The first-order valence-electron chi connectivity index (χ1n) is 20.7. The Morgan fingerprint density at radius 2 is 1.41 bits per heavy atom. The largest absolute Gasteiger partial charge is 0.392 e. The summed E-state index contributed by atoms with van der Waals surface area (Å²) in [6.07, 6.45) is 19.0. The van der Waals surface area contributed by atoms with E-state index in [9.17, 15) is 9.90 Å². The van der Waals surface area contributed by atoms with Crippen molar-refractivity contribution in [3.05, 3.63) is 125 Å². The highest BCUT2D eigenvalue weighted by atomic mass is 16.7. The van der Waals surface area contributed by atoms with Gasteiger partial charge in [0.15, 0.2) is 6.29 Å². The molecule has 7 nitrogen and oxygen atoms in total. The number of aliphatic hydroxyl groups excluding tert-OH is 1. The van der Waals surface area contributed by atoms with Crippen molar-refractivity contribution >= 4 is 5.91 Å². The Bertz CT molecular complexity index is 1610. The number of carbonyl (C=O) groups excluding carboxylic acids is 1. The van der Waals surface area contributed by atoms with Crippen molar-refractivity contribution in [1.29, 1.82) is 0 Å². The van der Waals surface area contributed by atoms with Gasteiger partial charge in [-0.2, -0.15) is 0 Å². The number of carbonyl (C=O) groups is 1. The van der Waals surface area contributed by atoms with Crippen molar-refractivity contribution in [3.8, 4) is 11.1 Å². The third-order valence-electron chi connectivity index (χ3n) is 10.6. The number of unbranched alkanes of at least 4 members (excludes halogenated alkanes) is 10. The van der Waals surface area contributed by atoms with Gasteiger partial charge in [-0.05, 0) is 65.9 Å². The maximum Gasteiger partial charge on any atom is 0.253 e. The lowest BCUT2D eigenvalue weighted by atomic mass is 9.97. The van der Waals surface area contributed by atoms with E-state index in [1.54, 1.807) is 24.5 Å². The molecule has 1 saturated heterocycles. The Balaban J connectivity index is 1.29. The molecule has 1 amide bonds. The molecular formula is C47H63N3O4. The number of hydrogen-bond acceptors (Lipinski definition) is 6. The summed E-state index contributed by atoms with van der Waals surface area (Å²) in [5, 5.41) is 12.7. The molecule has 1 aliphatic rings. The van der Waals surface area contributed by atoms with E-state index in [0.29, 0.717) is 12.1 Å². The zero-order chi connectivity index (χ0) is 37.8. The topological polar surface area (TPSA) is 83.9 Å². The van der Waals surface area contributed by atoms with Crippen LogP contribution < -0.4 is 5.32 Å². The van der Waals surface area contributed by atoms with E-state index in [0.717, 1.165) is 59.4 Å². The van der Waals surface area contributed by atoms with Crippen molar-refractivity contribution in [1.82, 2.24) is 15.2 Å². The molecule has 0 bridgehead atoms. The van der Waals surface area contributed by atoms with Crippen LogP contribution in [-0.2, 0) is 22.6 Å². The smallest absolute Gasteiger partial charge is 0.253 e. The fourth-order valence-electron chi connectivity index (χ4n) is 7.40. The highest BCUT2D eigenvalue weighted by Gasteiger charge is 2.33. The van der Waals surface area contributed by atoms with Crippen LogP contribution in [-0.4, -0.2) is 46.6 Å². The van der Waals surface area contributed by atoms with Gasteiger partial charge in [0, 0.05) is 37.5 Å². The van der Waals surface area contributed by atoms with Crippen LogP contribution >= 0.6 is 0 Å². The molecule has 290 valence electrons. The Hall–Kier alpha value is -3.88. The standard InChI is InChI=1S/C47H63N3O4/c1-3-5-7-9-11-15-30-50(31-16-12-10-8-6-4-2)35-43-32-45(39-23-21-37(36-51)22-24-39)54-47(53-43)40-27-25-38(26-28-40)44-20-14-13-18-41(44)34-49-46(52)42-19-17-29-48-33-42/h13-14,17-29,33,43,45,47,51H,3-12,15-16,30-32,34-36H2,1-2H3,(H,49,52)/t43-,45+,47+/m0/s1. The molecule has 3 aromatic carbocycles. The summed E-state index contributed by atoms with van der Waals surface area (Å²) < 4.78 is 13.6. The van der Waals surface area contributed by atoms with E-state index in [-0.39, 0.29) is 24.7 Å². The van der Waals surface area contributed by atoms with Gasteiger partial charge < -0.3 is 24.8 Å². The van der Waals surface area contributed by atoms with Gasteiger partial charge in [0.25, 0.3) is 5.91 Å². The summed E-state index contributed by atoms with van der Waals surface area (Å²) in [6.45, 7) is 8.11. The second kappa shape index (κ2) is 23.1. The van der Waals surface area contributed by atoms with Crippen LogP contribution in [0.4, 0.5) is 0 Å². The molecule has 4 aromatic rings. The predicted octanol–water partition coefficient (Wildman–Crippen LogP) is 10.7. The van der Waals surface area contributed by atoms with E-state index < -0.39 is 6.29 Å². The number of pyridine rings is 1. The number of amides is 1. The van der Waals surface area contributed by atoms with Crippen molar-refractivity contribution in [2.24, 2.45) is 0 Å². The molecule has 54 heavy (non-hydrogen) atoms.